The van der Waals surface area contributed by atoms with Gasteiger partial charge in [-0.1, -0.05) is 18.2 Å². The number of amides is 2. The molecule has 1 heterocycles. The van der Waals surface area contributed by atoms with Gasteiger partial charge in [-0.2, -0.15) is 0 Å². The molecule has 30 heavy (non-hydrogen) atoms. The fourth-order valence-electron chi connectivity index (χ4n) is 3.63. The van der Waals surface area contributed by atoms with Crippen LogP contribution in [0.2, 0.25) is 0 Å². The topological polar surface area (TPSA) is 95.6 Å². The standard InChI is InChI=1S/C22H27N3O4S/c1-15-13-18(14-20(16(15)2)30(28,29)23-3)22(27)25-11-9-17(10-12-25)21(26)24-19-7-5-4-6-8-19/h4-8,13-14,17,23H,9-12H2,1-3H3,(H,24,26). The Hall–Kier alpha value is -2.71. The van der Waals surface area contributed by atoms with E-state index in [2.05, 4.69) is 10.0 Å². The maximum Gasteiger partial charge on any atom is 0.253 e. The highest BCUT2D eigenvalue weighted by Crippen LogP contribution is 2.25. The minimum Gasteiger partial charge on any atom is -0.339 e. The average Bonchev–Trinajstić information content (AvgIpc) is 2.75. The molecule has 0 radical (unpaired) electrons. The van der Waals surface area contributed by atoms with Crippen LogP contribution in [-0.4, -0.2) is 45.3 Å². The van der Waals surface area contributed by atoms with E-state index in [1.165, 1.54) is 13.1 Å². The van der Waals surface area contributed by atoms with Gasteiger partial charge in [0.25, 0.3) is 5.91 Å². The maximum atomic E-state index is 13.0. The summed E-state index contributed by atoms with van der Waals surface area (Å²) in [7, 11) is -2.31. The number of benzene rings is 2. The van der Waals surface area contributed by atoms with Crippen LogP contribution in [0.1, 0.15) is 34.3 Å². The molecule has 2 aromatic rings. The fourth-order valence-corrected chi connectivity index (χ4v) is 4.70. The highest BCUT2D eigenvalue weighted by molar-refractivity contribution is 7.89. The SMILES string of the molecule is CNS(=O)(=O)c1cc(C(=O)N2CCC(C(=O)Nc3ccccc3)CC2)cc(C)c1C. The number of para-hydroxylation sites is 1. The van der Waals surface area contributed by atoms with Crippen molar-refractivity contribution in [3.05, 3.63) is 59.2 Å². The van der Waals surface area contributed by atoms with E-state index < -0.39 is 10.0 Å². The summed E-state index contributed by atoms with van der Waals surface area (Å²) in [4.78, 5) is 27.3. The lowest BCUT2D eigenvalue weighted by Crippen LogP contribution is -2.41. The summed E-state index contributed by atoms with van der Waals surface area (Å²) in [6, 6.07) is 12.5. The van der Waals surface area contributed by atoms with E-state index in [4.69, 9.17) is 0 Å². The van der Waals surface area contributed by atoms with E-state index in [9.17, 15) is 18.0 Å². The van der Waals surface area contributed by atoms with Gasteiger partial charge < -0.3 is 10.2 Å². The summed E-state index contributed by atoms with van der Waals surface area (Å²) in [6.07, 6.45) is 1.13. The molecule has 1 saturated heterocycles. The van der Waals surface area contributed by atoms with Crippen molar-refractivity contribution in [2.24, 2.45) is 5.92 Å². The van der Waals surface area contributed by atoms with E-state index in [1.54, 1.807) is 24.8 Å². The Kier molecular flexibility index (Phi) is 6.58. The number of hydrogen-bond donors (Lipinski definition) is 2. The van der Waals surface area contributed by atoms with Crippen LogP contribution in [0.5, 0.6) is 0 Å². The molecule has 3 rings (SSSR count). The van der Waals surface area contributed by atoms with Crippen molar-refractivity contribution in [3.8, 4) is 0 Å². The van der Waals surface area contributed by atoms with Crippen molar-refractivity contribution in [2.45, 2.75) is 31.6 Å². The molecule has 1 aliphatic rings. The molecular weight excluding hydrogens is 402 g/mol. The molecule has 160 valence electrons. The molecule has 0 aromatic heterocycles. The number of sulfonamides is 1. The molecule has 2 N–H and O–H groups in total. The number of hydrogen-bond acceptors (Lipinski definition) is 4. The average molecular weight is 430 g/mol. The van der Waals surface area contributed by atoms with Gasteiger partial charge in [0.15, 0.2) is 0 Å². The lowest BCUT2D eigenvalue weighted by Gasteiger charge is -2.31. The minimum atomic E-state index is -3.66. The molecule has 0 saturated carbocycles. The largest absolute Gasteiger partial charge is 0.339 e. The van der Waals surface area contributed by atoms with Crippen LogP contribution in [0.4, 0.5) is 5.69 Å². The lowest BCUT2D eigenvalue weighted by atomic mass is 9.95. The summed E-state index contributed by atoms with van der Waals surface area (Å²) in [5.74, 6) is -0.413. The number of rotatable bonds is 5. The van der Waals surface area contributed by atoms with Gasteiger partial charge in [0, 0.05) is 30.3 Å². The van der Waals surface area contributed by atoms with Crippen LogP contribution in [0.25, 0.3) is 0 Å². The third kappa shape index (κ3) is 4.71. The number of likely N-dealkylation sites (tertiary alicyclic amines) is 1. The number of nitrogens with zero attached hydrogens (tertiary/aromatic N) is 1. The Morgan fingerprint density at radius 3 is 2.27 bits per heavy atom. The van der Waals surface area contributed by atoms with Crippen LogP contribution in [0, 0.1) is 19.8 Å². The molecule has 8 heteroatoms. The highest BCUT2D eigenvalue weighted by atomic mass is 32.2. The second kappa shape index (κ2) is 8.97. The Morgan fingerprint density at radius 1 is 1.03 bits per heavy atom. The zero-order valence-electron chi connectivity index (χ0n) is 17.4. The molecular formula is C22H27N3O4S. The number of anilines is 1. The molecule has 0 spiro atoms. The first-order valence-electron chi connectivity index (χ1n) is 9.93. The smallest absolute Gasteiger partial charge is 0.253 e. The van der Waals surface area contributed by atoms with Gasteiger partial charge >= 0.3 is 0 Å². The summed E-state index contributed by atoms with van der Waals surface area (Å²) >= 11 is 0. The van der Waals surface area contributed by atoms with Crippen molar-refractivity contribution in [2.75, 3.05) is 25.5 Å². The second-order valence-corrected chi connectivity index (χ2v) is 9.40. The van der Waals surface area contributed by atoms with Crippen LogP contribution in [0.3, 0.4) is 0 Å². The molecule has 1 aliphatic heterocycles. The van der Waals surface area contributed by atoms with Gasteiger partial charge in [0.05, 0.1) is 4.90 Å². The normalized spacial score (nSPS) is 15.1. The molecule has 0 bridgehead atoms. The highest BCUT2D eigenvalue weighted by Gasteiger charge is 2.29. The van der Waals surface area contributed by atoms with Crippen LogP contribution >= 0.6 is 0 Å². The minimum absolute atomic E-state index is 0.0399. The summed E-state index contributed by atoms with van der Waals surface area (Å²) in [5.41, 5.74) is 2.47. The van der Waals surface area contributed by atoms with Crippen molar-refractivity contribution >= 4 is 27.5 Å². The number of nitrogens with one attached hydrogen (secondary N) is 2. The van der Waals surface area contributed by atoms with Gasteiger partial charge in [-0.05, 0) is 69.1 Å². The van der Waals surface area contributed by atoms with E-state index in [1.807, 2.05) is 30.3 Å². The number of aryl methyl sites for hydroxylation is 1. The van der Waals surface area contributed by atoms with Gasteiger partial charge in [-0.25, -0.2) is 13.1 Å². The van der Waals surface area contributed by atoms with E-state index in [0.717, 1.165) is 11.3 Å². The van der Waals surface area contributed by atoms with E-state index in [0.29, 0.717) is 37.1 Å². The lowest BCUT2D eigenvalue weighted by molar-refractivity contribution is -0.121. The van der Waals surface area contributed by atoms with Crippen LogP contribution < -0.4 is 10.0 Å². The van der Waals surface area contributed by atoms with Gasteiger partial charge in [-0.3, -0.25) is 9.59 Å². The van der Waals surface area contributed by atoms with Gasteiger partial charge in [0.2, 0.25) is 15.9 Å². The zero-order valence-corrected chi connectivity index (χ0v) is 18.3. The Balaban J connectivity index is 1.69. The first-order chi connectivity index (χ1) is 14.2. The van der Waals surface area contributed by atoms with E-state index in [-0.39, 0.29) is 22.6 Å². The Bertz CT molecular complexity index is 1040. The molecule has 2 aromatic carbocycles. The Morgan fingerprint density at radius 2 is 1.67 bits per heavy atom. The van der Waals surface area contributed by atoms with Crippen LogP contribution in [-0.2, 0) is 14.8 Å². The predicted octanol–water partition coefficient (Wildman–Crippen LogP) is 2.70. The first kappa shape index (κ1) is 22.0. The first-order valence-corrected chi connectivity index (χ1v) is 11.4. The molecule has 1 fully saturated rings. The third-order valence-electron chi connectivity index (χ3n) is 5.62. The maximum absolute atomic E-state index is 13.0. The molecule has 0 atom stereocenters. The van der Waals surface area contributed by atoms with Crippen molar-refractivity contribution in [3.63, 3.8) is 0 Å². The van der Waals surface area contributed by atoms with Crippen molar-refractivity contribution in [1.82, 2.24) is 9.62 Å². The monoisotopic (exact) mass is 429 g/mol. The number of carbonyl (C=O) groups excluding carboxylic acids is 2. The number of carbonyl (C=O) groups is 2. The van der Waals surface area contributed by atoms with Gasteiger partial charge in [-0.15, -0.1) is 0 Å². The third-order valence-corrected chi connectivity index (χ3v) is 7.16. The molecule has 7 nitrogen and oxygen atoms in total. The second-order valence-electron chi connectivity index (χ2n) is 7.55. The Labute approximate surface area is 177 Å². The van der Waals surface area contributed by atoms with Crippen molar-refractivity contribution in [1.29, 1.82) is 0 Å². The summed E-state index contributed by atoms with van der Waals surface area (Å²) in [5, 5.41) is 2.92. The predicted molar refractivity (Wildman–Crippen MR) is 116 cm³/mol. The summed E-state index contributed by atoms with van der Waals surface area (Å²) in [6.45, 7) is 4.42. The summed E-state index contributed by atoms with van der Waals surface area (Å²) < 4.78 is 26.9. The number of piperidine rings is 1. The van der Waals surface area contributed by atoms with Crippen molar-refractivity contribution < 1.29 is 18.0 Å². The molecule has 2 amide bonds. The molecule has 0 unspecified atom stereocenters. The van der Waals surface area contributed by atoms with Gasteiger partial charge in [0.1, 0.15) is 0 Å². The zero-order chi connectivity index (χ0) is 21.9. The quantitative estimate of drug-likeness (QED) is 0.764. The molecule has 0 aliphatic carbocycles. The van der Waals surface area contributed by atoms with Crippen LogP contribution in [0.15, 0.2) is 47.4 Å². The van der Waals surface area contributed by atoms with E-state index >= 15 is 0 Å². The fraction of sp³-hybridized carbons (Fsp3) is 0.364.